The van der Waals surface area contributed by atoms with Crippen LogP contribution in [0.15, 0.2) is 24.3 Å². The number of methoxy groups -OCH3 is 1. The lowest BCUT2D eigenvalue weighted by atomic mass is 10.1. The first-order chi connectivity index (χ1) is 8.74. The number of ether oxygens (including phenoxy) is 1. The summed E-state index contributed by atoms with van der Waals surface area (Å²) in [7, 11) is 1.62. The van der Waals surface area contributed by atoms with Crippen LogP contribution in [-0.4, -0.2) is 48.0 Å². The van der Waals surface area contributed by atoms with E-state index >= 15 is 0 Å². The van der Waals surface area contributed by atoms with Crippen LogP contribution in [0.5, 0.6) is 5.75 Å². The molecule has 1 aromatic carbocycles. The fourth-order valence-electron chi connectivity index (χ4n) is 2.52. The maximum Gasteiger partial charge on any atom is 0.119 e. The van der Waals surface area contributed by atoms with Gasteiger partial charge in [-0.15, -0.1) is 0 Å². The van der Waals surface area contributed by atoms with Gasteiger partial charge in [-0.2, -0.15) is 0 Å². The van der Waals surface area contributed by atoms with Crippen LogP contribution < -0.4 is 4.74 Å². The summed E-state index contributed by atoms with van der Waals surface area (Å²) < 4.78 is 5.15. The van der Waals surface area contributed by atoms with Crippen LogP contribution in [-0.2, 0) is 0 Å². The summed E-state index contributed by atoms with van der Waals surface area (Å²) in [6, 6.07) is 7.70. The van der Waals surface area contributed by atoms with Crippen LogP contribution in [0.4, 0.5) is 0 Å². The number of likely N-dealkylation sites (tertiary alicyclic amines) is 1. The van der Waals surface area contributed by atoms with E-state index < -0.39 is 6.10 Å². The monoisotopic (exact) mass is 251 g/mol. The second kappa shape index (κ2) is 6.18. The Bertz CT molecular complexity index is 383. The molecule has 0 saturated carbocycles. The van der Waals surface area contributed by atoms with Crippen LogP contribution in [0.2, 0.25) is 0 Å². The predicted molar refractivity (Wildman–Crippen MR) is 69.6 cm³/mol. The summed E-state index contributed by atoms with van der Waals surface area (Å²) in [5, 5.41) is 19.5. The van der Waals surface area contributed by atoms with Crippen molar-refractivity contribution in [1.29, 1.82) is 0 Å². The number of benzene rings is 1. The number of rotatable bonds is 5. The molecule has 1 unspecified atom stereocenters. The molecule has 18 heavy (non-hydrogen) atoms. The molecule has 0 aromatic heterocycles. The normalized spacial score (nSPS) is 22.1. The van der Waals surface area contributed by atoms with Gasteiger partial charge in [-0.1, -0.05) is 12.1 Å². The van der Waals surface area contributed by atoms with E-state index in [4.69, 9.17) is 4.74 Å². The van der Waals surface area contributed by atoms with Gasteiger partial charge >= 0.3 is 0 Å². The number of hydrogen-bond acceptors (Lipinski definition) is 4. The Morgan fingerprint density at radius 1 is 1.50 bits per heavy atom. The zero-order valence-corrected chi connectivity index (χ0v) is 10.7. The molecule has 1 aliphatic heterocycles. The van der Waals surface area contributed by atoms with Crippen molar-refractivity contribution < 1.29 is 14.9 Å². The Balaban J connectivity index is 2.00. The Kier molecular flexibility index (Phi) is 4.58. The van der Waals surface area contributed by atoms with Crippen molar-refractivity contribution in [2.75, 3.05) is 26.8 Å². The van der Waals surface area contributed by atoms with Crippen molar-refractivity contribution in [2.24, 2.45) is 0 Å². The van der Waals surface area contributed by atoms with E-state index in [2.05, 4.69) is 4.90 Å². The van der Waals surface area contributed by atoms with Gasteiger partial charge in [0.1, 0.15) is 5.75 Å². The first-order valence-electron chi connectivity index (χ1n) is 6.41. The van der Waals surface area contributed by atoms with E-state index in [1.807, 2.05) is 24.3 Å². The molecule has 2 atom stereocenters. The van der Waals surface area contributed by atoms with E-state index in [0.29, 0.717) is 6.54 Å². The third-order valence-electron chi connectivity index (χ3n) is 3.60. The zero-order valence-electron chi connectivity index (χ0n) is 10.7. The number of β-amino-alcohol motifs (C(OH)–C–C–N with tert-alkyl or cyclic N) is 1. The molecule has 0 spiro atoms. The van der Waals surface area contributed by atoms with E-state index in [0.717, 1.165) is 30.7 Å². The van der Waals surface area contributed by atoms with Crippen LogP contribution in [0.3, 0.4) is 0 Å². The SMILES string of the molecule is COc1cccc(C(O)CN2CCC[C@@H]2CO)c1. The van der Waals surface area contributed by atoms with Crippen molar-refractivity contribution in [3.8, 4) is 5.75 Å². The fourth-order valence-corrected chi connectivity index (χ4v) is 2.52. The summed E-state index contributed by atoms with van der Waals surface area (Å²) in [5.41, 5.74) is 0.859. The number of nitrogens with zero attached hydrogens (tertiary/aromatic N) is 1. The average Bonchev–Trinajstić information content (AvgIpc) is 2.86. The van der Waals surface area contributed by atoms with Crippen LogP contribution in [0.25, 0.3) is 0 Å². The largest absolute Gasteiger partial charge is 0.497 e. The molecule has 0 aliphatic carbocycles. The van der Waals surface area contributed by atoms with E-state index in [-0.39, 0.29) is 12.6 Å². The molecule has 0 amide bonds. The molecule has 2 N–H and O–H groups in total. The molecule has 2 rings (SSSR count). The summed E-state index contributed by atoms with van der Waals surface area (Å²) in [5.74, 6) is 0.756. The van der Waals surface area contributed by atoms with Gasteiger partial charge in [-0.25, -0.2) is 0 Å². The van der Waals surface area contributed by atoms with E-state index in [9.17, 15) is 10.2 Å². The second-order valence-corrected chi connectivity index (χ2v) is 4.77. The number of hydrogen-bond donors (Lipinski definition) is 2. The lowest BCUT2D eigenvalue weighted by Crippen LogP contribution is -2.35. The smallest absolute Gasteiger partial charge is 0.119 e. The molecule has 1 saturated heterocycles. The summed E-state index contributed by atoms with van der Waals surface area (Å²) in [6.07, 6.45) is 1.57. The molecule has 0 radical (unpaired) electrons. The predicted octanol–water partition coefficient (Wildman–Crippen LogP) is 1.19. The van der Waals surface area contributed by atoms with Gasteiger partial charge in [0.05, 0.1) is 19.8 Å². The minimum Gasteiger partial charge on any atom is -0.497 e. The third-order valence-corrected chi connectivity index (χ3v) is 3.60. The summed E-state index contributed by atoms with van der Waals surface area (Å²) in [4.78, 5) is 2.16. The van der Waals surface area contributed by atoms with Gasteiger partial charge in [-0.3, -0.25) is 4.90 Å². The molecule has 4 heteroatoms. The molecule has 1 aromatic rings. The molecule has 0 bridgehead atoms. The minimum atomic E-state index is -0.535. The maximum atomic E-state index is 10.2. The van der Waals surface area contributed by atoms with Gasteiger partial charge in [0, 0.05) is 12.6 Å². The summed E-state index contributed by atoms with van der Waals surface area (Å²) in [6.45, 7) is 1.69. The molecule has 4 nitrogen and oxygen atoms in total. The van der Waals surface area contributed by atoms with Crippen LogP contribution in [0.1, 0.15) is 24.5 Å². The maximum absolute atomic E-state index is 10.2. The van der Waals surface area contributed by atoms with Crippen molar-refractivity contribution in [3.05, 3.63) is 29.8 Å². The molecule has 1 fully saturated rings. The van der Waals surface area contributed by atoms with Crippen molar-refractivity contribution in [1.82, 2.24) is 4.90 Å². The minimum absolute atomic E-state index is 0.171. The van der Waals surface area contributed by atoms with Crippen LogP contribution >= 0.6 is 0 Å². The Morgan fingerprint density at radius 2 is 2.33 bits per heavy atom. The van der Waals surface area contributed by atoms with E-state index in [1.165, 1.54) is 0 Å². The average molecular weight is 251 g/mol. The molecule has 1 heterocycles. The molecular formula is C14H21NO3. The Morgan fingerprint density at radius 3 is 3.06 bits per heavy atom. The highest BCUT2D eigenvalue weighted by Crippen LogP contribution is 2.23. The lowest BCUT2D eigenvalue weighted by Gasteiger charge is -2.25. The Hall–Kier alpha value is -1.10. The molecular weight excluding hydrogens is 230 g/mol. The van der Waals surface area contributed by atoms with Gasteiger partial charge in [0.15, 0.2) is 0 Å². The fraction of sp³-hybridized carbons (Fsp3) is 0.571. The lowest BCUT2D eigenvalue weighted by molar-refractivity contribution is 0.0849. The Labute approximate surface area is 108 Å². The topological polar surface area (TPSA) is 52.9 Å². The highest BCUT2D eigenvalue weighted by molar-refractivity contribution is 5.29. The van der Waals surface area contributed by atoms with Gasteiger partial charge in [0.25, 0.3) is 0 Å². The highest BCUT2D eigenvalue weighted by Gasteiger charge is 2.25. The second-order valence-electron chi connectivity index (χ2n) is 4.77. The zero-order chi connectivity index (χ0) is 13.0. The van der Waals surface area contributed by atoms with Gasteiger partial charge in [-0.05, 0) is 37.1 Å². The molecule has 100 valence electrons. The quantitative estimate of drug-likeness (QED) is 0.825. The standard InChI is InChI=1S/C14H21NO3/c1-18-13-6-2-4-11(8-13)14(17)9-15-7-3-5-12(15)10-16/h2,4,6,8,12,14,16-17H,3,5,7,9-10H2,1H3/t12-,14?/m1/s1. The first kappa shape index (κ1) is 13.3. The molecule has 1 aliphatic rings. The van der Waals surface area contributed by atoms with Gasteiger partial charge in [0.2, 0.25) is 0 Å². The van der Waals surface area contributed by atoms with Crippen molar-refractivity contribution >= 4 is 0 Å². The van der Waals surface area contributed by atoms with Crippen LogP contribution in [0, 0.1) is 0 Å². The van der Waals surface area contributed by atoms with E-state index in [1.54, 1.807) is 7.11 Å². The number of aliphatic hydroxyl groups is 2. The van der Waals surface area contributed by atoms with Gasteiger partial charge < -0.3 is 14.9 Å². The highest BCUT2D eigenvalue weighted by atomic mass is 16.5. The number of aliphatic hydroxyl groups excluding tert-OH is 2. The summed E-state index contributed by atoms with van der Waals surface area (Å²) >= 11 is 0. The third kappa shape index (κ3) is 3.02. The van der Waals surface area contributed by atoms with Crippen molar-refractivity contribution in [3.63, 3.8) is 0 Å². The van der Waals surface area contributed by atoms with Crippen molar-refractivity contribution in [2.45, 2.75) is 25.0 Å². The first-order valence-corrected chi connectivity index (χ1v) is 6.41.